The average molecular weight is 330 g/mol. The molecule has 1 heterocycles. The van der Waals surface area contributed by atoms with Gasteiger partial charge in [-0.3, -0.25) is 4.79 Å². The van der Waals surface area contributed by atoms with Crippen LogP contribution in [0, 0.1) is 5.92 Å². The van der Waals surface area contributed by atoms with Crippen molar-refractivity contribution in [2.24, 2.45) is 10.9 Å². The summed E-state index contributed by atoms with van der Waals surface area (Å²) in [6.07, 6.45) is 7.73. The van der Waals surface area contributed by atoms with E-state index in [0.29, 0.717) is 0 Å². The number of hydrogen-bond donors (Lipinski definition) is 0. The molecule has 1 fully saturated rings. The van der Waals surface area contributed by atoms with Gasteiger partial charge in [-0.15, -0.1) is 0 Å². The van der Waals surface area contributed by atoms with Crippen molar-refractivity contribution in [3.63, 3.8) is 0 Å². The van der Waals surface area contributed by atoms with Gasteiger partial charge in [0, 0.05) is 12.5 Å². The van der Waals surface area contributed by atoms with Gasteiger partial charge in [0.15, 0.2) is 4.80 Å². The second kappa shape index (κ2) is 7.43. The van der Waals surface area contributed by atoms with Crippen LogP contribution in [0.5, 0.6) is 0 Å². The van der Waals surface area contributed by atoms with Crippen LogP contribution in [-0.2, 0) is 17.8 Å². The third kappa shape index (κ3) is 3.57. The first-order valence-electron chi connectivity index (χ1n) is 8.93. The predicted octanol–water partition coefficient (Wildman–Crippen LogP) is 4.68. The molecule has 1 aromatic heterocycles. The van der Waals surface area contributed by atoms with Gasteiger partial charge in [-0.1, -0.05) is 50.5 Å². The molecule has 0 saturated heterocycles. The first-order valence-corrected chi connectivity index (χ1v) is 9.75. The van der Waals surface area contributed by atoms with E-state index in [9.17, 15) is 4.79 Å². The Bertz CT molecular complexity index is 750. The molecule has 3 rings (SSSR count). The van der Waals surface area contributed by atoms with Crippen LogP contribution in [0.25, 0.3) is 10.2 Å². The summed E-state index contributed by atoms with van der Waals surface area (Å²) in [7, 11) is 0. The quantitative estimate of drug-likeness (QED) is 0.801. The Balaban J connectivity index is 2.02. The highest BCUT2D eigenvalue weighted by Crippen LogP contribution is 2.25. The Morgan fingerprint density at radius 3 is 2.74 bits per heavy atom. The summed E-state index contributed by atoms with van der Waals surface area (Å²) >= 11 is 1.66. The van der Waals surface area contributed by atoms with E-state index < -0.39 is 0 Å². The molecule has 4 heteroatoms. The average Bonchev–Trinajstić information content (AvgIpc) is 2.92. The second-order valence-corrected chi connectivity index (χ2v) is 7.49. The van der Waals surface area contributed by atoms with Gasteiger partial charge in [0.2, 0.25) is 0 Å². The first kappa shape index (κ1) is 16.4. The lowest BCUT2D eigenvalue weighted by molar-refractivity contribution is -0.122. The molecule has 0 bridgehead atoms. The molecule has 0 unspecified atom stereocenters. The van der Waals surface area contributed by atoms with Crippen molar-refractivity contribution < 1.29 is 4.79 Å². The number of thiazole rings is 1. The van der Waals surface area contributed by atoms with Crippen molar-refractivity contribution in [2.45, 2.75) is 65.3 Å². The number of hydrogen-bond acceptors (Lipinski definition) is 2. The highest BCUT2D eigenvalue weighted by atomic mass is 32.1. The van der Waals surface area contributed by atoms with Crippen LogP contribution in [0.4, 0.5) is 0 Å². The molecule has 0 spiro atoms. The number of fused-ring (bicyclic) bond motifs is 1. The number of amides is 1. The Morgan fingerprint density at radius 1 is 1.26 bits per heavy atom. The molecular weight excluding hydrogens is 304 g/mol. The minimum atomic E-state index is 0.0943. The molecular formula is C19H26N2OS. The normalized spacial score (nSPS) is 17.0. The molecule has 0 N–H and O–H groups in total. The van der Waals surface area contributed by atoms with Gasteiger partial charge < -0.3 is 4.57 Å². The van der Waals surface area contributed by atoms with Crippen molar-refractivity contribution in [1.82, 2.24) is 4.57 Å². The molecule has 23 heavy (non-hydrogen) atoms. The van der Waals surface area contributed by atoms with Crippen LogP contribution in [0.2, 0.25) is 0 Å². The Labute approximate surface area is 142 Å². The van der Waals surface area contributed by atoms with Crippen molar-refractivity contribution in [2.75, 3.05) is 0 Å². The fraction of sp³-hybridized carbons (Fsp3) is 0.579. The minimum Gasteiger partial charge on any atom is -0.316 e. The van der Waals surface area contributed by atoms with Crippen molar-refractivity contribution in [3.05, 3.63) is 28.6 Å². The van der Waals surface area contributed by atoms with Crippen LogP contribution < -0.4 is 4.80 Å². The van der Waals surface area contributed by atoms with E-state index in [1.807, 2.05) is 0 Å². The molecule has 1 aromatic carbocycles. The van der Waals surface area contributed by atoms with Crippen LogP contribution in [-0.4, -0.2) is 10.5 Å². The molecule has 0 aliphatic heterocycles. The molecule has 124 valence electrons. The highest BCUT2D eigenvalue weighted by Gasteiger charge is 2.21. The number of aromatic nitrogens is 1. The largest absolute Gasteiger partial charge is 0.316 e. The molecule has 0 atom stereocenters. The Kier molecular flexibility index (Phi) is 5.31. The second-order valence-electron chi connectivity index (χ2n) is 6.48. The standard InChI is InChI=1S/C19H26N2OS/c1-3-12-21-16-11-10-14(4-2)13-17(16)23-19(21)20-18(22)15-8-6-5-7-9-15/h10-11,13,15H,3-9,12H2,1-2H3. The van der Waals surface area contributed by atoms with Crippen LogP contribution >= 0.6 is 11.3 Å². The smallest absolute Gasteiger partial charge is 0.251 e. The van der Waals surface area contributed by atoms with Crippen molar-refractivity contribution in [3.8, 4) is 0 Å². The molecule has 1 aliphatic rings. The summed E-state index contributed by atoms with van der Waals surface area (Å²) < 4.78 is 3.47. The fourth-order valence-electron chi connectivity index (χ4n) is 3.40. The zero-order valence-electron chi connectivity index (χ0n) is 14.2. The van der Waals surface area contributed by atoms with Crippen molar-refractivity contribution in [1.29, 1.82) is 0 Å². The Morgan fingerprint density at radius 2 is 2.04 bits per heavy atom. The maximum Gasteiger partial charge on any atom is 0.251 e. The predicted molar refractivity (Wildman–Crippen MR) is 96.6 cm³/mol. The van der Waals surface area contributed by atoms with Gasteiger partial charge in [-0.05, 0) is 43.4 Å². The lowest BCUT2D eigenvalue weighted by atomic mass is 9.89. The van der Waals surface area contributed by atoms with Gasteiger partial charge in [-0.25, -0.2) is 0 Å². The van der Waals surface area contributed by atoms with E-state index in [1.165, 1.54) is 35.0 Å². The summed E-state index contributed by atoms with van der Waals surface area (Å²) in [5.74, 6) is 0.243. The molecule has 1 saturated carbocycles. The Hall–Kier alpha value is -1.42. The number of carbonyl (C=O) groups is 1. The summed E-state index contributed by atoms with van der Waals surface area (Å²) in [5.41, 5.74) is 2.55. The zero-order valence-corrected chi connectivity index (χ0v) is 15.0. The topological polar surface area (TPSA) is 34.4 Å². The van der Waals surface area contributed by atoms with Gasteiger partial charge in [0.25, 0.3) is 5.91 Å². The first-order chi connectivity index (χ1) is 11.2. The van der Waals surface area contributed by atoms with E-state index >= 15 is 0 Å². The molecule has 0 radical (unpaired) electrons. The number of aryl methyl sites for hydroxylation is 2. The molecule has 2 aromatic rings. The van der Waals surface area contributed by atoms with E-state index in [-0.39, 0.29) is 11.8 Å². The van der Waals surface area contributed by atoms with E-state index in [1.54, 1.807) is 11.3 Å². The molecule has 1 amide bonds. The summed E-state index contributed by atoms with van der Waals surface area (Å²) in [4.78, 5) is 18.0. The van der Waals surface area contributed by atoms with Gasteiger partial charge >= 0.3 is 0 Å². The lowest BCUT2D eigenvalue weighted by Gasteiger charge is -2.17. The van der Waals surface area contributed by atoms with E-state index in [4.69, 9.17) is 0 Å². The number of rotatable bonds is 4. The maximum atomic E-state index is 12.6. The maximum absolute atomic E-state index is 12.6. The number of benzene rings is 1. The summed E-state index contributed by atoms with van der Waals surface area (Å²) in [6.45, 7) is 5.26. The lowest BCUT2D eigenvalue weighted by Crippen LogP contribution is -2.22. The highest BCUT2D eigenvalue weighted by molar-refractivity contribution is 7.16. The van der Waals surface area contributed by atoms with Gasteiger partial charge in [0.05, 0.1) is 10.2 Å². The van der Waals surface area contributed by atoms with Gasteiger partial charge in [-0.2, -0.15) is 4.99 Å². The van der Waals surface area contributed by atoms with Gasteiger partial charge in [0.1, 0.15) is 0 Å². The number of carbonyl (C=O) groups excluding carboxylic acids is 1. The third-order valence-corrected chi connectivity index (χ3v) is 5.80. The van der Waals surface area contributed by atoms with E-state index in [0.717, 1.165) is 37.0 Å². The third-order valence-electron chi connectivity index (χ3n) is 4.76. The SMILES string of the molecule is CCCn1c(=NC(=O)C2CCCCC2)sc2cc(CC)ccc21. The van der Waals surface area contributed by atoms with E-state index in [2.05, 4.69) is 41.6 Å². The van der Waals surface area contributed by atoms with Crippen molar-refractivity contribution >= 4 is 27.5 Å². The summed E-state index contributed by atoms with van der Waals surface area (Å²) in [6, 6.07) is 6.62. The van der Waals surface area contributed by atoms with Crippen LogP contribution in [0.1, 0.15) is 57.9 Å². The monoisotopic (exact) mass is 330 g/mol. The zero-order chi connectivity index (χ0) is 16.2. The minimum absolute atomic E-state index is 0.0943. The molecule has 3 nitrogen and oxygen atoms in total. The van der Waals surface area contributed by atoms with Crippen LogP contribution in [0.15, 0.2) is 23.2 Å². The molecule has 1 aliphatic carbocycles. The number of nitrogens with zero attached hydrogens (tertiary/aromatic N) is 2. The fourth-order valence-corrected chi connectivity index (χ4v) is 4.52. The van der Waals surface area contributed by atoms with Crippen LogP contribution in [0.3, 0.4) is 0 Å². The summed E-state index contributed by atoms with van der Waals surface area (Å²) in [5, 5.41) is 0.